The number of hydrogen-bond donors (Lipinski definition) is 0. The maximum absolute atomic E-state index is 15.0. The Morgan fingerprint density at radius 2 is 1.30 bits per heavy atom. The van der Waals surface area contributed by atoms with Gasteiger partial charge in [-0.1, -0.05) is 36.4 Å². The first-order chi connectivity index (χ1) is 23.0. The fourth-order valence-electron chi connectivity index (χ4n) is 5.36. The van der Waals surface area contributed by atoms with Crippen molar-refractivity contribution in [3.8, 4) is 40.2 Å². The first-order valence-corrected chi connectivity index (χ1v) is 14.7. The van der Waals surface area contributed by atoms with Gasteiger partial charge in [-0.25, -0.2) is 0 Å². The van der Waals surface area contributed by atoms with Crippen LogP contribution in [0.15, 0.2) is 85.1 Å². The van der Waals surface area contributed by atoms with Crippen molar-refractivity contribution in [2.45, 2.75) is 12.5 Å². The largest absolute Gasteiger partial charge is 0.493 e. The predicted molar refractivity (Wildman–Crippen MR) is 177 cm³/mol. The number of hydrogen-bond acceptors (Lipinski definition) is 10. The molecule has 0 radical (unpaired) electrons. The molecule has 0 N–H and O–H groups in total. The third kappa shape index (κ3) is 7.02. The Morgan fingerprint density at radius 1 is 0.638 bits per heavy atom. The van der Waals surface area contributed by atoms with Crippen molar-refractivity contribution in [1.29, 1.82) is 0 Å². The SMILES string of the molecule is COCOc1cc(OCc2ccccc2)c(OC)cc1C(=O)C(c1ccc(OC)c(OC)c1)c1nccc2cc(OC)c(OC)cc12. The third-order valence-electron chi connectivity index (χ3n) is 7.68. The molecule has 10 nitrogen and oxygen atoms in total. The molecule has 0 aliphatic carbocycles. The van der Waals surface area contributed by atoms with Crippen LogP contribution in [0.4, 0.5) is 0 Å². The van der Waals surface area contributed by atoms with Crippen LogP contribution in [-0.2, 0) is 11.3 Å². The second-order valence-corrected chi connectivity index (χ2v) is 10.4. The van der Waals surface area contributed by atoms with Crippen molar-refractivity contribution in [3.63, 3.8) is 0 Å². The number of ketones is 1. The molecule has 244 valence electrons. The van der Waals surface area contributed by atoms with Crippen molar-refractivity contribution in [3.05, 3.63) is 107 Å². The van der Waals surface area contributed by atoms with E-state index < -0.39 is 5.92 Å². The maximum atomic E-state index is 15.0. The number of rotatable bonds is 15. The second-order valence-electron chi connectivity index (χ2n) is 10.4. The molecule has 1 heterocycles. The zero-order valence-corrected chi connectivity index (χ0v) is 27.2. The summed E-state index contributed by atoms with van der Waals surface area (Å²) in [5, 5.41) is 1.51. The molecule has 0 aliphatic rings. The van der Waals surface area contributed by atoms with Crippen molar-refractivity contribution >= 4 is 16.6 Å². The van der Waals surface area contributed by atoms with Gasteiger partial charge >= 0.3 is 0 Å². The second kappa shape index (κ2) is 15.2. The molecule has 0 fully saturated rings. The first-order valence-electron chi connectivity index (χ1n) is 14.7. The lowest BCUT2D eigenvalue weighted by molar-refractivity contribution is 0.0499. The van der Waals surface area contributed by atoms with Crippen LogP contribution >= 0.6 is 0 Å². The van der Waals surface area contributed by atoms with Gasteiger partial charge in [0.1, 0.15) is 12.4 Å². The summed E-state index contributed by atoms with van der Waals surface area (Å²) in [7, 11) is 9.26. The molecule has 0 bridgehead atoms. The van der Waals surface area contributed by atoms with E-state index in [1.807, 2.05) is 54.6 Å². The highest BCUT2D eigenvalue weighted by molar-refractivity contribution is 6.07. The monoisotopic (exact) mass is 639 g/mol. The summed E-state index contributed by atoms with van der Waals surface area (Å²) in [5.41, 5.74) is 2.31. The quantitative estimate of drug-likeness (QED) is 0.0892. The highest BCUT2D eigenvalue weighted by atomic mass is 16.7. The van der Waals surface area contributed by atoms with E-state index in [9.17, 15) is 4.79 Å². The number of methoxy groups -OCH3 is 6. The van der Waals surface area contributed by atoms with Crippen LogP contribution in [0.5, 0.6) is 40.2 Å². The lowest BCUT2D eigenvalue weighted by Crippen LogP contribution is -2.18. The van der Waals surface area contributed by atoms with E-state index in [-0.39, 0.29) is 30.5 Å². The molecule has 0 saturated carbocycles. The Bertz CT molecular complexity index is 1840. The Balaban J connectivity index is 1.70. The average molecular weight is 640 g/mol. The van der Waals surface area contributed by atoms with Crippen LogP contribution in [0.3, 0.4) is 0 Å². The van der Waals surface area contributed by atoms with Gasteiger partial charge in [0.15, 0.2) is 47.1 Å². The van der Waals surface area contributed by atoms with Gasteiger partial charge in [0, 0.05) is 24.8 Å². The number of carbonyl (C=O) groups is 1. The zero-order valence-electron chi connectivity index (χ0n) is 27.2. The van der Waals surface area contributed by atoms with Gasteiger partial charge in [-0.15, -0.1) is 0 Å². The van der Waals surface area contributed by atoms with Gasteiger partial charge < -0.3 is 37.9 Å². The van der Waals surface area contributed by atoms with Crippen LogP contribution in [0.2, 0.25) is 0 Å². The minimum Gasteiger partial charge on any atom is -0.493 e. The number of pyridine rings is 1. The lowest BCUT2D eigenvalue weighted by Gasteiger charge is -2.22. The standard InChI is InChI=1S/C37H37NO9/c1-40-22-47-29-20-34(46-21-23-10-8-7-9-11-23)33(45-6)19-27(29)37(39)35(25-12-13-28(41-2)30(17-25)42-3)36-26-18-32(44-5)31(43-4)16-24(26)14-15-38-36/h7-20,35H,21-22H2,1-6H3. The summed E-state index contributed by atoms with van der Waals surface area (Å²) < 4.78 is 45.3. The smallest absolute Gasteiger partial charge is 0.188 e. The summed E-state index contributed by atoms with van der Waals surface area (Å²) in [6, 6.07) is 23.9. The van der Waals surface area contributed by atoms with E-state index in [2.05, 4.69) is 0 Å². The number of nitrogens with zero attached hydrogens (tertiary/aromatic N) is 1. The fraction of sp³-hybridized carbons (Fsp3) is 0.243. The molecule has 1 unspecified atom stereocenters. The van der Waals surface area contributed by atoms with Crippen molar-refractivity contribution in [2.75, 3.05) is 49.5 Å². The van der Waals surface area contributed by atoms with Gasteiger partial charge in [0.05, 0.1) is 52.7 Å². The van der Waals surface area contributed by atoms with Gasteiger partial charge in [0.2, 0.25) is 0 Å². The molecule has 1 aromatic heterocycles. The summed E-state index contributed by atoms with van der Waals surface area (Å²) in [6.45, 7) is 0.184. The maximum Gasteiger partial charge on any atom is 0.188 e. The number of aromatic nitrogens is 1. The van der Waals surface area contributed by atoms with E-state index in [0.29, 0.717) is 51.1 Å². The Morgan fingerprint density at radius 3 is 1.98 bits per heavy atom. The van der Waals surface area contributed by atoms with Crippen LogP contribution in [-0.4, -0.2) is 60.2 Å². The number of fused-ring (bicyclic) bond motifs is 1. The molecule has 4 aromatic carbocycles. The summed E-state index contributed by atoms with van der Waals surface area (Å²) in [4.78, 5) is 19.7. The van der Waals surface area contributed by atoms with Gasteiger partial charge in [-0.2, -0.15) is 0 Å². The molecular weight excluding hydrogens is 602 g/mol. The highest BCUT2D eigenvalue weighted by Crippen LogP contribution is 2.43. The lowest BCUT2D eigenvalue weighted by atomic mass is 9.85. The van der Waals surface area contributed by atoms with E-state index in [1.165, 1.54) is 14.2 Å². The molecule has 10 heteroatoms. The van der Waals surface area contributed by atoms with Crippen molar-refractivity contribution < 1.29 is 42.7 Å². The third-order valence-corrected chi connectivity index (χ3v) is 7.68. The fourth-order valence-corrected chi connectivity index (χ4v) is 5.36. The number of Topliss-reactive ketones (excluding diaryl/α,β-unsaturated/α-hetero) is 1. The molecule has 5 aromatic rings. The molecule has 0 saturated heterocycles. The van der Waals surface area contributed by atoms with Crippen LogP contribution < -0.4 is 33.2 Å². The Kier molecular flexibility index (Phi) is 10.6. The molecular formula is C37H37NO9. The summed E-state index contributed by atoms with van der Waals surface area (Å²) in [5.74, 6) is 1.81. The summed E-state index contributed by atoms with van der Waals surface area (Å²) >= 11 is 0. The minimum absolute atomic E-state index is 0.102. The van der Waals surface area contributed by atoms with Crippen molar-refractivity contribution in [2.24, 2.45) is 0 Å². The number of carbonyl (C=O) groups excluding carboxylic acids is 1. The van der Waals surface area contributed by atoms with E-state index in [0.717, 1.165) is 10.9 Å². The minimum atomic E-state index is -0.928. The van der Waals surface area contributed by atoms with Crippen LogP contribution in [0.25, 0.3) is 10.8 Å². The molecule has 47 heavy (non-hydrogen) atoms. The van der Waals surface area contributed by atoms with E-state index in [4.69, 9.17) is 42.9 Å². The average Bonchev–Trinajstić information content (AvgIpc) is 3.12. The van der Waals surface area contributed by atoms with Crippen molar-refractivity contribution in [1.82, 2.24) is 4.98 Å². The van der Waals surface area contributed by atoms with Gasteiger partial charge in [-0.05, 0) is 52.9 Å². The highest BCUT2D eigenvalue weighted by Gasteiger charge is 2.32. The van der Waals surface area contributed by atoms with Gasteiger partial charge in [0.25, 0.3) is 0 Å². The predicted octanol–water partition coefficient (Wildman–Crippen LogP) is 6.85. The Hall–Kier alpha value is -5.48. The van der Waals surface area contributed by atoms with E-state index >= 15 is 0 Å². The van der Waals surface area contributed by atoms with Crippen LogP contribution in [0, 0.1) is 0 Å². The normalized spacial score (nSPS) is 11.4. The summed E-state index contributed by atoms with van der Waals surface area (Å²) in [6.07, 6.45) is 1.66. The molecule has 1 atom stereocenters. The number of benzene rings is 4. The molecule has 0 aliphatic heterocycles. The Labute approximate surface area is 273 Å². The molecule has 0 amide bonds. The van der Waals surface area contributed by atoms with Gasteiger partial charge in [-0.3, -0.25) is 9.78 Å². The first kappa shape index (κ1) is 32.9. The van der Waals surface area contributed by atoms with E-state index in [1.54, 1.807) is 58.9 Å². The van der Waals surface area contributed by atoms with Crippen LogP contribution in [0.1, 0.15) is 33.1 Å². The molecule has 0 spiro atoms. The topological polar surface area (TPSA) is 104 Å². The number of ether oxygens (including phenoxy) is 8. The molecule has 5 rings (SSSR count). The zero-order chi connectivity index (χ0) is 33.3.